The molecule has 0 bridgehead atoms. The molecule has 1 radical (unpaired) electrons. The van der Waals surface area contributed by atoms with Crippen molar-refractivity contribution in [3.8, 4) is 22.5 Å². The third kappa shape index (κ3) is 7.57. The summed E-state index contributed by atoms with van der Waals surface area (Å²) in [6.45, 7) is 18.6. The van der Waals surface area contributed by atoms with Crippen LogP contribution >= 0.6 is 0 Å². The smallest absolute Gasteiger partial charge is 0.121 e. The molecular formula is C41H42IrN2OSi2-2. The summed E-state index contributed by atoms with van der Waals surface area (Å²) in [6, 6.07) is 38.4. The molecule has 0 atom stereocenters. The van der Waals surface area contributed by atoms with Gasteiger partial charge in [-0.25, -0.2) is 0 Å². The minimum atomic E-state index is -1.36. The zero-order valence-corrected chi connectivity index (χ0v) is 32.9. The molecule has 3 nitrogen and oxygen atoms in total. The fraction of sp³-hybridized carbons (Fsp3) is 0.220. The van der Waals surface area contributed by atoms with Gasteiger partial charge >= 0.3 is 0 Å². The summed E-state index contributed by atoms with van der Waals surface area (Å²) in [4.78, 5) is 9.13. The van der Waals surface area contributed by atoms with Crippen molar-refractivity contribution in [1.29, 1.82) is 0 Å². The van der Waals surface area contributed by atoms with Gasteiger partial charge in [0.2, 0.25) is 0 Å². The van der Waals surface area contributed by atoms with Crippen LogP contribution in [0.4, 0.5) is 0 Å². The van der Waals surface area contributed by atoms with Crippen molar-refractivity contribution in [3.05, 3.63) is 121 Å². The monoisotopic (exact) mass is 827 g/mol. The maximum atomic E-state index is 6.17. The van der Waals surface area contributed by atoms with E-state index in [2.05, 4.69) is 136 Å². The first kappa shape index (κ1) is 34.7. The fourth-order valence-electron chi connectivity index (χ4n) is 5.67. The zero-order chi connectivity index (χ0) is 32.6. The van der Waals surface area contributed by atoms with Crippen LogP contribution in [0.2, 0.25) is 39.3 Å². The minimum Gasteiger partial charge on any atom is -0.500 e. The van der Waals surface area contributed by atoms with Crippen molar-refractivity contribution in [2.45, 2.75) is 59.0 Å². The molecule has 4 aromatic carbocycles. The number of hydrogen-bond donors (Lipinski definition) is 0. The average molecular weight is 827 g/mol. The molecule has 7 aromatic rings. The van der Waals surface area contributed by atoms with E-state index in [9.17, 15) is 0 Å². The predicted molar refractivity (Wildman–Crippen MR) is 202 cm³/mol. The predicted octanol–water partition coefficient (Wildman–Crippen LogP) is 10.4. The van der Waals surface area contributed by atoms with Crippen molar-refractivity contribution < 1.29 is 24.5 Å². The summed E-state index contributed by atoms with van der Waals surface area (Å²) in [5.74, 6) is 0.467. The van der Waals surface area contributed by atoms with Gasteiger partial charge in [-0.1, -0.05) is 112 Å². The normalized spacial score (nSPS) is 11.9. The number of nitrogens with zero attached hydrogens (tertiary/aromatic N) is 2. The first-order chi connectivity index (χ1) is 21.9. The Balaban J connectivity index is 0.000000217. The van der Waals surface area contributed by atoms with Crippen molar-refractivity contribution in [2.75, 3.05) is 0 Å². The third-order valence-corrected chi connectivity index (χ3v) is 12.7. The van der Waals surface area contributed by atoms with Crippen LogP contribution in [-0.4, -0.2) is 26.1 Å². The summed E-state index contributed by atoms with van der Waals surface area (Å²) in [6.07, 6.45) is 3.91. The Kier molecular flexibility index (Phi) is 10.2. The summed E-state index contributed by atoms with van der Waals surface area (Å²) in [5, 5.41) is 7.70. The van der Waals surface area contributed by atoms with E-state index < -0.39 is 16.1 Å². The van der Waals surface area contributed by atoms with Gasteiger partial charge in [0, 0.05) is 37.9 Å². The topological polar surface area (TPSA) is 38.9 Å². The van der Waals surface area contributed by atoms with Gasteiger partial charge in [-0.05, 0) is 45.4 Å². The van der Waals surface area contributed by atoms with Gasteiger partial charge in [0.05, 0.1) is 21.7 Å². The quantitative estimate of drug-likeness (QED) is 0.128. The van der Waals surface area contributed by atoms with E-state index >= 15 is 0 Å². The van der Waals surface area contributed by atoms with E-state index in [1.807, 2.05) is 42.7 Å². The summed E-state index contributed by atoms with van der Waals surface area (Å²) >= 11 is 0. The molecule has 0 unspecified atom stereocenters. The first-order valence-corrected chi connectivity index (χ1v) is 23.1. The van der Waals surface area contributed by atoms with E-state index in [1.165, 1.54) is 32.1 Å². The van der Waals surface area contributed by atoms with Gasteiger partial charge in [0.15, 0.2) is 0 Å². The van der Waals surface area contributed by atoms with E-state index in [4.69, 9.17) is 4.42 Å². The zero-order valence-electron chi connectivity index (χ0n) is 28.5. The van der Waals surface area contributed by atoms with Crippen molar-refractivity contribution in [3.63, 3.8) is 0 Å². The molecule has 0 aliphatic heterocycles. The van der Waals surface area contributed by atoms with Gasteiger partial charge in [0.25, 0.3) is 0 Å². The van der Waals surface area contributed by atoms with Gasteiger partial charge in [-0.2, -0.15) is 0 Å². The molecular weight excluding hydrogens is 785 g/mol. The Morgan fingerprint density at radius 3 is 2.09 bits per heavy atom. The van der Waals surface area contributed by atoms with E-state index in [0.29, 0.717) is 5.92 Å². The van der Waals surface area contributed by atoms with Crippen molar-refractivity contribution in [1.82, 2.24) is 9.97 Å². The van der Waals surface area contributed by atoms with E-state index in [-0.39, 0.29) is 20.1 Å². The number of fused-ring (bicyclic) bond motifs is 5. The number of rotatable bonds is 5. The molecule has 0 saturated heterocycles. The molecule has 47 heavy (non-hydrogen) atoms. The number of aromatic nitrogens is 2. The Morgan fingerprint density at radius 2 is 1.43 bits per heavy atom. The molecule has 0 N–H and O–H groups in total. The van der Waals surface area contributed by atoms with Crippen LogP contribution in [0.5, 0.6) is 0 Å². The second kappa shape index (κ2) is 13.8. The Labute approximate surface area is 294 Å². The van der Waals surface area contributed by atoms with Crippen LogP contribution in [0.1, 0.15) is 25.3 Å². The number of hydrogen-bond acceptors (Lipinski definition) is 3. The van der Waals surface area contributed by atoms with Gasteiger partial charge in [-0.3, -0.25) is 0 Å². The number of furan rings is 1. The molecule has 0 fully saturated rings. The number of benzene rings is 4. The summed E-state index contributed by atoms with van der Waals surface area (Å²) in [5.41, 5.74) is 7.10. The van der Waals surface area contributed by atoms with Crippen LogP contribution in [0.25, 0.3) is 55.2 Å². The molecule has 7 rings (SSSR count). The molecule has 0 spiro atoms. The number of pyridine rings is 2. The molecule has 0 aliphatic rings. The van der Waals surface area contributed by atoms with Gasteiger partial charge < -0.3 is 14.4 Å². The Hall–Kier alpha value is -3.68. The van der Waals surface area contributed by atoms with Gasteiger partial charge in [0.1, 0.15) is 5.58 Å². The van der Waals surface area contributed by atoms with Crippen molar-refractivity contribution >= 4 is 59.2 Å². The van der Waals surface area contributed by atoms with Crippen molar-refractivity contribution in [2.24, 2.45) is 0 Å². The van der Waals surface area contributed by atoms with E-state index in [1.54, 1.807) is 0 Å². The Bertz CT molecular complexity index is 2140. The average Bonchev–Trinajstić information content (AvgIpc) is 3.43. The minimum absolute atomic E-state index is 0. The molecule has 3 heterocycles. The SMILES string of the molecule is CC(C)c1ccnc(-c2[c-]cc3oc4ccc5cc([Si](C)(C)C)ccc5c4c3c2)c1.C[Si](C)(C)c1ccc(-c2[c-]cccc2)nc1.[Ir]. The molecule has 6 heteroatoms. The van der Waals surface area contributed by atoms with Crippen LogP contribution < -0.4 is 10.4 Å². The van der Waals surface area contributed by atoms with Crippen LogP contribution in [0.15, 0.2) is 108 Å². The van der Waals surface area contributed by atoms with Crippen LogP contribution in [0, 0.1) is 12.1 Å². The van der Waals surface area contributed by atoms with Crippen LogP contribution in [-0.2, 0) is 20.1 Å². The standard InChI is InChI=1S/C27H26NOSi.C14H16NSi.Ir/c1-17(2)18-12-13-28-24(16-18)20-7-10-25-23(15-20)27-22-9-8-21(30(3,4)5)14-19(22)6-11-26(27)29-25;1-16(2,3)13-9-10-14(15-11-13)12-7-5-4-6-8-12;/h6,8-17H,1-5H3;4-7,9-11H,1-3H3;/q2*-1;. The maximum absolute atomic E-state index is 6.17. The summed E-state index contributed by atoms with van der Waals surface area (Å²) in [7, 11) is -2.59. The first-order valence-electron chi connectivity index (χ1n) is 16.1. The molecule has 0 saturated carbocycles. The molecule has 0 amide bonds. The fourth-order valence-corrected chi connectivity index (χ4v) is 7.87. The largest absolute Gasteiger partial charge is 0.500 e. The van der Waals surface area contributed by atoms with Gasteiger partial charge in [-0.15, -0.1) is 59.7 Å². The second-order valence-electron chi connectivity index (χ2n) is 14.4. The van der Waals surface area contributed by atoms with E-state index in [0.717, 1.165) is 39.1 Å². The maximum Gasteiger partial charge on any atom is 0.121 e. The summed E-state index contributed by atoms with van der Waals surface area (Å²) < 4.78 is 6.17. The van der Waals surface area contributed by atoms with Crippen LogP contribution in [0.3, 0.4) is 0 Å². The third-order valence-electron chi connectivity index (χ3n) is 8.59. The Morgan fingerprint density at radius 1 is 0.660 bits per heavy atom. The molecule has 3 aromatic heterocycles. The molecule has 0 aliphatic carbocycles. The molecule has 241 valence electrons. The second-order valence-corrected chi connectivity index (χ2v) is 24.6.